The Labute approximate surface area is 170 Å². The SMILES string of the molecule is C=C1C(=O)OC2C=C(C)CCC=C(C)CC(OC(=O)C(=CCOC(C)=O)CO)C12. The first-order valence-corrected chi connectivity index (χ1v) is 9.59. The number of aliphatic hydroxyl groups is 1. The van der Waals surface area contributed by atoms with E-state index < -0.39 is 42.6 Å². The molecule has 1 fully saturated rings. The number of esters is 3. The minimum Gasteiger partial charge on any atom is -0.462 e. The second kappa shape index (κ2) is 10.2. The van der Waals surface area contributed by atoms with Gasteiger partial charge in [0.05, 0.1) is 18.1 Å². The molecule has 7 heteroatoms. The topological polar surface area (TPSA) is 99.1 Å². The van der Waals surface area contributed by atoms with E-state index in [2.05, 4.69) is 12.7 Å². The average molecular weight is 404 g/mol. The summed E-state index contributed by atoms with van der Waals surface area (Å²) in [4.78, 5) is 35.7. The Kier molecular flexibility index (Phi) is 7.96. The highest BCUT2D eigenvalue weighted by Crippen LogP contribution is 2.36. The van der Waals surface area contributed by atoms with E-state index in [-0.39, 0.29) is 17.8 Å². The van der Waals surface area contributed by atoms with Crippen LogP contribution in [0.3, 0.4) is 0 Å². The van der Waals surface area contributed by atoms with Crippen LogP contribution in [0.2, 0.25) is 0 Å². The van der Waals surface area contributed by atoms with Crippen molar-refractivity contribution < 1.29 is 33.7 Å². The van der Waals surface area contributed by atoms with Crippen molar-refractivity contribution >= 4 is 17.9 Å². The summed E-state index contributed by atoms with van der Waals surface area (Å²) in [6.07, 6.45) is 6.14. The second-order valence-corrected chi connectivity index (χ2v) is 7.36. The number of aliphatic hydroxyl groups excluding tert-OH is 1. The van der Waals surface area contributed by atoms with Crippen LogP contribution in [-0.4, -0.2) is 48.4 Å². The summed E-state index contributed by atoms with van der Waals surface area (Å²) in [5.41, 5.74) is 2.34. The molecule has 1 heterocycles. The molecule has 0 radical (unpaired) electrons. The van der Waals surface area contributed by atoms with Crippen molar-refractivity contribution in [2.75, 3.05) is 13.2 Å². The number of fused-ring (bicyclic) bond motifs is 1. The van der Waals surface area contributed by atoms with Gasteiger partial charge >= 0.3 is 17.9 Å². The average Bonchev–Trinajstić information content (AvgIpc) is 2.91. The van der Waals surface area contributed by atoms with Gasteiger partial charge in [0.15, 0.2) is 0 Å². The van der Waals surface area contributed by atoms with Gasteiger partial charge in [-0.15, -0.1) is 0 Å². The lowest BCUT2D eigenvalue weighted by molar-refractivity contribution is -0.148. The van der Waals surface area contributed by atoms with E-state index in [0.29, 0.717) is 6.42 Å². The molecule has 0 saturated carbocycles. The molecule has 7 nitrogen and oxygen atoms in total. The van der Waals surface area contributed by atoms with Crippen LogP contribution in [-0.2, 0) is 28.6 Å². The number of carbonyl (C=O) groups excluding carboxylic acids is 3. The van der Waals surface area contributed by atoms with Crippen molar-refractivity contribution in [3.63, 3.8) is 0 Å². The zero-order chi connectivity index (χ0) is 21.6. The van der Waals surface area contributed by atoms with Crippen LogP contribution in [0, 0.1) is 5.92 Å². The standard InChI is InChI=1S/C22H28O7/c1-13-6-5-7-14(2)11-19(20-15(3)21(25)28-18(20)10-13)29-22(26)17(12-23)8-9-27-16(4)24/h7-8,10,18-20,23H,3,5-6,9,11-12H2,1-2,4H3. The van der Waals surface area contributed by atoms with Crippen molar-refractivity contribution in [3.8, 4) is 0 Å². The molecule has 0 aromatic heterocycles. The molecule has 2 aliphatic rings. The zero-order valence-electron chi connectivity index (χ0n) is 17.1. The van der Waals surface area contributed by atoms with Crippen molar-refractivity contribution in [3.05, 3.63) is 47.1 Å². The molecule has 3 atom stereocenters. The lowest BCUT2D eigenvalue weighted by atomic mass is 9.85. The molecule has 29 heavy (non-hydrogen) atoms. The molecular weight excluding hydrogens is 376 g/mol. The molecule has 1 saturated heterocycles. The van der Waals surface area contributed by atoms with Crippen LogP contribution in [0.5, 0.6) is 0 Å². The third kappa shape index (κ3) is 6.15. The smallest absolute Gasteiger partial charge is 0.336 e. The van der Waals surface area contributed by atoms with E-state index in [9.17, 15) is 19.5 Å². The Morgan fingerprint density at radius 1 is 1.34 bits per heavy atom. The van der Waals surface area contributed by atoms with Crippen molar-refractivity contribution in [2.45, 2.75) is 52.2 Å². The molecule has 158 valence electrons. The summed E-state index contributed by atoms with van der Waals surface area (Å²) in [6, 6.07) is 0. The molecule has 0 spiro atoms. The number of hydrogen-bond acceptors (Lipinski definition) is 7. The van der Waals surface area contributed by atoms with Crippen molar-refractivity contribution in [2.24, 2.45) is 5.92 Å². The number of allylic oxidation sites excluding steroid dienone is 2. The van der Waals surface area contributed by atoms with E-state index in [1.165, 1.54) is 13.0 Å². The van der Waals surface area contributed by atoms with Gasteiger partial charge in [0.2, 0.25) is 0 Å². The summed E-state index contributed by atoms with van der Waals surface area (Å²) in [6.45, 7) is 8.31. The predicted octanol–water partition coefficient (Wildman–Crippen LogP) is 2.55. The Bertz CT molecular complexity index is 772. The van der Waals surface area contributed by atoms with Gasteiger partial charge in [-0.3, -0.25) is 4.79 Å². The first-order valence-electron chi connectivity index (χ1n) is 9.59. The number of rotatable bonds is 5. The normalized spacial score (nSPS) is 25.4. The monoisotopic (exact) mass is 404 g/mol. The van der Waals surface area contributed by atoms with Crippen LogP contribution in [0.25, 0.3) is 0 Å². The molecule has 0 amide bonds. The van der Waals surface area contributed by atoms with Crippen LogP contribution < -0.4 is 0 Å². The molecule has 0 aromatic carbocycles. The maximum Gasteiger partial charge on any atom is 0.336 e. The number of hydrogen-bond donors (Lipinski definition) is 1. The molecule has 0 aromatic rings. The van der Waals surface area contributed by atoms with Crippen LogP contribution in [0.15, 0.2) is 47.1 Å². The van der Waals surface area contributed by atoms with Crippen molar-refractivity contribution in [1.82, 2.24) is 0 Å². The number of carbonyl (C=O) groups is 3. The van der Waals surface area contributed by atoms with E-state index in [1.54, 1.807) is 0 Å². The first-order chi connectivity index (χ1) is 13.7. The van der Waals surface area contributed by atoms with Gasteiger partial charge in [-0.2, -0.15) is 0 Å². The highest BCUT2D eigenvalue weighted by molar-refractivity contribution is 5.92. The fourth-order valence-electron chi connectivity index (χ4n) is 3.42. The highest BCUT2D eigenvalue weighted by Gasteiger charge is 2.44. The first kappa shape index (κ1) is 22.6. The third-order valence-electron chi connectivity index (χ3n) is 4.97. The van der Waals surface area contributed by atoms with Gasteiger partial charge in [-0.1, -0.05) is 23.8 Å². The quantitative estimate of drug-likeness (QED) is 0.325. The Morgan fingerprint density at radius 3 is 2.72 bits per heavy atom. The van der Waals surface area contributed by atoms with E-state index in [1.807, 2.05) is 19.9 Å². The molecule has 1 N–H and O–H groups in total. The van der Waals surface area contributed by atoms with E-state index in [0.717, 1.165) is 24.0 Å². The summed E-state index contributed by atoms with van der Waals surface area (Å²) in [7, 11) is 0. The highest BCUT2D eigenvalue weighted by atomic mass is 16.6. The Balaban J connectivity index is 2.29. The minimum atomic E-state index is -0.735. The summed E-state index contributed by atoms with van der Waals surface area (Å²) >= 11 is 0. The maximum atomic E-state index is 12.6. The van der Waals surface area contributed by atoms with Gasteiger partial charge < -0.3 is 19.3 Å². The molecule has 2 rings (SSSR count). The summed E-state index contributed by atoms with van der Waals surface area (Å²) in [5.74, 6) is -2.25. The van der Waals surface area contributed by atoms with Gasteiger partial charge in [-0.25, -0.2) is 9.59 Å². The fraction of sp³-hybridized carbons (Fsp3) is 0.500. The van der Waals surface area contributed by atoms with Crippen LogP contribution in [0.1, 0.15) is 40.0 Å². The minimum absolute atomic E-state index is 0.0240. The predicted molar refractivity (Wildman–Crippen MR) is 106 cm³/mol. The molecule has 0 bridgehead atoms. The third-order valence-corrected chi connectivity index (χ3v) is 4.97. The lowest BCUT2D eigenvalue weighted by Crippen LogP contribution is -2.34. The fourth-order valence-corrected chi connectivity index (χ4v) is 3.42. The Hall–Kier alpha value is -2.67. The maximum absolute atomic E-state index is 12.6. The molecule has 3 unspecified atom stereocenters. The second-order valence-electron chi connectivity index (χ2n) is 7.36. The summed E-state index contributed by atoms with van der Waals surface area (Å²) in [5, 5.41) is 9.52. The largest absolute Gasteiger partial charge is 0.462 e. The lowest BCUT2D eigenvalue weighted by Gasteiger charge is -2.27. The number of ether oxygens (including phenoxy) is 3. The van der Waals surface area contributed by atoms with E-state index in [4.69, 9.17) is 14.2 Å². The van der Waals surface area contributed by atoms with E-state index >= 15 is 0 Å². The molecular formula is C22H28O7. The van der Waals surface area contributed by atoms with Gasteiger partial charge in [0.1, 0.15) is 18.8 Å². The molecule has 1 aliphatic carbocycles. The van der Waals surface area contributed by atoms with Gasteiger partial charge in [-0.05, 0) is 38.8 Å². The van der Waals surface area contributed by atoms with Crippen molar-refractivity contribution in [1.29, 1.82) is 0 Å². The Morgan fingerprint density at radius 2 is 2.07 bits per heavy atom. The molecule has 1 aliphatic heterocycles. The van der Waals surface area contributed by atoms with Crippen LogP contribution >= 0.6 is 0 Å². The van der Waals surface area contributed by atoms with Gasteiger partial charge in [0, 0.05) is 18.9 Å². The van der Waals surface area contributed by atoms with Crippen LogP contribution in [0.4, 0.5) is 0 Å². The zero-order valence-corrected chi connectivity index (χ0v) is 17.1. The van der Waals surface area contributed by atoms with Gasteiger partial charge in [0.25, 0.3) is 0 Å². The summed E-state index contributed by atoms with van der Waals surface area (Å²) < 4.78 is 15.9.